The lowest BCUT2D eigenvalue weighted by molar-refractivity contribution is -0.142. The third kappa shape index (κ3) is 4.39. The van der Waals surface area contributed by atoms with E-state index >= 15 is 0 Å². The lowest BCUT2D eigenvalue weighted by atomic mass is 9.90. The number of aromatic nitrogens is 2. The predicted molar refractivity (Wildman–Crippen MR) is 102 cm³/mol. The molecule has 2 atom stereocenters. The fraction of sp³-hybridized carbons (Fsp3) is 0.421. The minimum atomic E-state index is -0.762. The molecule has 1 aromatic heterocycles. The second kappa shape index (κ2) is 8.11. The van der Waals surface area contributed by atoms with Gasteiger partial charge in [0.1, 0.15) is 29.5 Å². The van der Waals surface area contributed by atoms with Gasteiger partial charge >= 0.3 is 5.97 Å². The Morgan fingerprint density at radius 1 is 1.22 bits per heavy atom. The molecule has 1 aliphatic heterocycles. The van der Waals surface area contributed by atoms with Crippen LogP contribution in [0.25, 0.3) is 0 Å². The van der Waals surface area contributed by atoms with Crippen LogP contribution in [0.5, 0.6) is 11.5 Å². The largest absolute Gasteiger partial charge is 0.497 e. The summed E-state index contributed by atoms with van der Waals surface area (Å²) in [6.07, 6.45) is 2.16. The Morgan fingerprint density at radius 3 is 2.74 bits per heavy atom. The highest BCUT2D eigenvalue weighted by Crippen LogP contribution is 2.32. The Hall–Kier alpha value is -3.03. The number of carbonyl (C=O) groups is 1. The van der Waals surface area contributed by atoms with Gasteiger partial charge in [-0.3, -0.25) is 4.79 Å². The quantitative estimate of drug-likeness (QED) is 0.799. The number of anilines is 3. The minimum Gasteiger partial charge on any atom is -0.497 e. The molecule has 8 nitrogen and oxygen atoms in total. The topological polar surface area (TPSA) is 96.8 Å². The first-order chi connectivity index (χ1) is 13.0. The highest BCUT2D eigenvalue weighted by molar-refractivity contribution is 5.71. The van der Waals surface area contributed by atoms with Gasteiger partial charge in [0.25, 0.3) is 0 Å². The van der Waals surface area contributed by atoms with Gasteiger partial charge in [0, 0.05) is 25.2 Å². The molecule has 1 aromatic carbocycles. The lowest BCUT2D eigenvalue weighted by Gasteiger charge is -2.35. The van der Waals surface area contributed by atoms with Crippen LogP contribution in [0.3, 0.4) is 0 Å². The van der Waals surface area contributed by atoms with Gasteiger partial charge in [-0.2, -0.15) is 0 Å². The normalized spacial score (nSPS) is 19.4. The van der Waals surface area contributed by atoms with E-state index in [-0.39, 0.29) is 11.8 Å². The van der Waals surface area contributed by atoms with E-state index in [0.717, 1.165) is 12.2 Å². The number of carboxylic acid groups (broad SMARTS) is 1. The summed E-state index contributed by atoms with van der Waals surface area (Å²) < 4.78 is 10.6. The zero-order valence-electron chi connectivity index (χ0n) is 15.7. The van der Waals surface area contributed by atoms with E-state index in [1.165, 1.54) is 6.33 Å². The molecular weight excluding hydrogens is 348 g/mol. The number of piperidine rings is 1. The highest BCUT2D eigenvalue weighted by atomic mass is 16.5. The van der Waals surface area contributed by atoms with E-state index in [4.69, 9.17) is 9.47 Å². The number of ether oxygens (including phenoxy) is 2. The van der Waals surface area contributed by atoms with Gasteiger partial charge in [-0.15, -0.1) is 0 Å². The number of rotatable bonds is 6. The Morgan fingerprint density at radius 2 is 2.04 bits per heavy atom. The number of aliphatic carboxylic acids is 1. The van der Waals surface area contributed by atoms with E-state index in [0.29, 0.717) is 36.1 Å². The molecule has 144 valence electrons. The number of nitrogens with one attached hydrogen (secondary N) is 1. The van der Waals surface area contributed by atoms with Crippen molar-refractivity contribution in [3.05, 3.63) is 30.6 Å². The molecule has 1 aliphatic rings. The first kappa shape index (κ1) is 18.8. The second-order valence-corrected chi connectivity index (χ2v) is 6.73. The van der Waals surface area contributed by atoms with Crippen LogP contribution < -0.4 is 19.7 Å². The second-order valence-electron chi connectivity index (χ2n) is 6.73. The molecule has 8 heteroatoms. The van der Waals surface area contributed by atoms with E-state index < -0.39 is 5.97 Å². The van der Waals surface area contributed by atoms with Crippen LogP contribution in [0, 0.1) is 11.8 Å². The van der Waals surface area contributed by atoms with Crippen molar-refractivity contribution in [1.82, 2.24) is 9.97 Å². The Balaban J connectivity index is 1.81. The number of hydrogen-bond acceptors (Lipinski definition) is 7. The molecule has 2 unspecified atom stereocenters. The minimum absolute atomic E-state index is 0.285. The maximum Gasteiger partial charge on any atom is 0.308 e. The van der Waals surface area contributed by atoms with E-state index in [2.05, 4.69) is 22.2 Å². The number of methoxy groups -OCH3 is 2. The van der Waals surface area contributed by atoms with Crippen LogP contribution in [0.15, 0.2) is 30.6 Å². The molecule has 1 fully saturated rings. The zero-order chi connectivity index (χ0) is 19.4. The molecule has 0 radical (unpaired) electrons. The summed E-state index contributed by atoms with van der Waals surface area (Å²) in [4.78, 5) is 22.0. The average Bonchev–Trinajstić information content (AvgIpc) is 2.68. The first-order valence-corrected chi connectivity index (χ1v) is 8.79. The lowest BCUT2D eigenvalue weighted by Crippen LogP contribution is -2.43. The van der Waals surface area contributed by atoms with Crippen molar-refractivity contribution in [2.45, 2.75) is 13.3 Å². The van der Waals surface area contributed by atoms with E-state index in [1.54, 1.807) is 20.3 Å². The Kier molecular flexibility index (Phi) is 5.63. The molecule has 2 N–H and O–H groups in total. The van der Waals surface area contributed by atoms with Crippen LogP contribution in [0.1, 0.15) is 13.3 Å². The van der Waals surface area contributed by atoms with Crippen molar-refractivity contribution in [3.8, 4) is 11.5 Å². The fourth-order valence-corrected chi connectivity index (χ4v) is 3.35. The summed E-state index contributed by atoms with van der Waals surface area (Å²) in [6, 6.07) is 7.29. The molecule has 0 amide bonds. The third-order valence-electron chi connectivity index (χ3n) is 4.66. The monoisotopic (exact) mass is 372 g/mol. The van der Waals surface area contributed by atoms with Gasteiger partial charge in [-0.05, 0) is 24.5 Å². The van der Waals surface area contributed by atoms with Gasteiger partial charge in [-0.1, -0.05) is 6.92 Å². The average molecular weight is 372 g/mol. The van der Waals surface area contributed by atoms with Crippen molar-refractivity contribution < 1.29 is 19.4 Å². The van der Waals surface area contributed by atoms with Gasteiger partial charge in [0.15, 0.2) is 0 Å². The molecule has 27 heavy (non-hydrogen) atoms. The van der Waals surface area contributed by atoms with Crippen molar-refractivity contribution in [2.24, 2.45) is 11.8 Å². The molecule has 2 heterocycles. The SMILES string of the molecule is COc1ccc(Nc2cc(N3CC(C)CC(C(=O)O)C3)ncn2)c(OC)c1. The zero-order valence-corrected chi connectivity index (χ0v) is 15.7. The van der Waals surface area contributed by atoms with Gasteiger partial charge in [0.05, 0.1) is 25.8 Å². The van der Waals surface area contributed by atoms with Gasteiger partial charge in [0.2, 0.25) is 0 Å². The summed E-state index contributed by atoms with van der Waals surface area (Å²) in [5, 5.41) is 12.6. The van der Waals surface area contributed by atoms with Crippen molar-refractivity contribution in [2.75, 3.05) is 37.5 Å². The molecule has 0 bridgehead atoms. The molecule has 0 spiro atoms. The number of benzene rings is 1. The summed E-state index contributed by atoms with van der Waals surface area (Å²) in [7, 11) is 3.19. The number of hydrogen-bond donors (Lipinski definition) is 2. The summed E-state index contributed by atoms with van der Waals surface area (Å²) >= 11 is 0. The van der Waals surface area contributed by atoms with Gasteiger partial charge < -0.3 is 24.8 Å². The molecule has 3 rings (SSSR count). The maximum atomic E-state index is 11.4. The Labute approximate surface area is 158 Å². The van der Waals surface area contributed by atoms with E-state index in [1.807, 2.05) is 23.1 Å². The van der Waals surface area contributed by atoms with Crippen LogP contribution in [0.4, 0.5) is 17.3 Å². The summed E-state index contributed by atoms with van der Waals surface area (Å²) in [6.45, 7) is 3.28. The van der Waals surface area contributed by atoms with Crippen molar-refractivity contribution in [3.63, 3.8) is 0 Å². The summed E-state index contributed by atoms with van der Waals surface area (Å²) in [5.41, 5.74) is 0.748. The third-order valence-corrected chi connectivity index (χ3v) is 4.66. The van der Waals surface area contributed by atoms with Crippen molar-refractivity contribution in [1.29, 1.82) is 0 Å². The first-order valence-electron chi connectivity index (χ1n) is 8.79. The number of nitrogens with zero attached hydrogens (tertiary/aromatic N) is 3. The van der Waals surface area contributed by atoms with E-state index in [9.17, 15) is 9.90 Å². The van der Waals surface area contributed by atoms with Crippen molar-refractivity contribution >= 4 is 23.3 Å². The highest BCUT2D eigenvalue weighted by Gasteiger charge is 2.30. The van der Waals surface area contributed by atoms with Crippen LogP contribution >= 0.6 is 0 Å². The summed E-state index contributed by atoms with van der Waals surface area (Å²) in [5.74, 6) is 1.78. The molecule has 0 saturated carbocycles. The predicted octanol–water partition coefficient (Wildman–Crippen LogP) is 2.78. The number of carboxylic acids is 1. The fourth-order valence-electron chi connectivity index (χ4n) is 3.35. The van der Waals surface area contributed by atoms with Crippen LogP contribution in [0.2, 0.25) is 0 Å². The standard InChI is InChI=1S/C19H24N4O4/c1-12-6-13(19(24)25)10-23(9-12)18-8-17(20-11-21-18)22-15-5-4-14(26-2)7-16(15)27-3/h4-5,7-8,11-13H,6,9-10H2,1-3H3,(H,24,25)(H,20,21,22). The molecular formula is C19H24N4O4. The van der Waals surface area contributed by atoms with Gasteiger partial charge in [-0.25, -0.2) is 9.97 Å². The van der Waals surface area contributed by atoms with Crippen LogP contribution in [-0.2, 0) is 4.79 Å². The van der Waals surface area contributed by atoms with Crippen LogP contribution in [-0.4, -0.2) is 48.4 Å². The smallest absolute Gasteiger partial charge is 0.308 e. The molecule has 2 aromatic rings. The maximum absolute atomic E-state index is 11.4. The Bertz CT molecular complexity index is 814. The molecule has 1 saturated heterocycles. The molecule has 0 aliphatic carbocycles.